The van der Waals surface area contributed by atoms with Crippen molar-refractivity contribution in [1.82, 2.24) is 10.2 Å². The summed E-state index contributed by atoms with van der Waals surface area (Å²) in [4.78, 5) is 14.4. The molecule has 1 aliphatic carbocycles. The SMILES string of the molecule is CN1CCC(CC(=O)NC2CCCCCC2)CC1. The number of carbonyl (C=O) groups excluding carboxylic acids is 1. The minimum Gasteiger partial charge on any atom is -0.353 e. The maximum absolute atomic E-state index is 12.0. The van der Waals surface area contributed by atoms with Crippen molar-refractivity contribution < 1.29 is 4.79 Å². The van der Waals surface area contributed by atoms with Crippen LogP contribution in [0.4, 0.5) is 0 Å². The van der Waals surface area contributed by atoms with E-state index in [0.29, 0.717) is 17.9 Å². The monoisotopic (exact) mass is 252 g/mol. The Morgan fingerprint density at radius 2 is 1.67 bits per heavy atom. The highest BCUT2D eigenvalue weighted by atomic mass is 16.1. The molecule has 0 bridgehead atoms. The Morgan fingerprint density at radius 1 is 1.06 bits per heavy atom. The fourth-order valence-electron chi connectivity index (χ4n) is 3.24. The third-order valence-electron chi connectivity index (χ3n) is 4.53. The normalized spacial score (nSPS) is 24.7. The van der Waals surface area contributed by atoms with E-state index in [9.17, 15) is 4.79 Å². The molecule has 3 nitrogen and oxygen atoms in total. The molecule has 1 heterocycles. The van der Waals surface area contributed by atoms with Gasteiger partial charge >= 0.3 is 0 Å². The molecule has 2 aliphatic rings. The molecule has 0 atom stereocenters. The van der Waals surface area contributed by atoms with Crippen LogP contribution in [0.15, 0.2) is 0 Å². The summed E-state index contributed by atoms with van der Waals surface area (Å²) in [6, 6.07) is 0.464. The predicted octanol–water partition coefficient (Wildman–Crippen LogP) is 2.56. The van der Waals surface area contributed by atoms with Gasteiger partial charge in [-0.1, -0.05) is 25.7 Å². The summed E-state index contributed by atoms with van der Waals surface area (Å²) in [7, 11) is 2.17. The van der Waals surface area contributed by atoms with Gasteiger partial charge in [0.15, 0.2) is 0 Å². The van der Waals surface area contributed by atoms with Gasteiger partial charge in [0, 0.05) is 12.5 Å². The van der Waals surface area contributed by atoms with Crippen LogP contribution in [0.5, 0.6) is 0 Å². The molecule has 104 valence electrons. The highest BCUT2D eigenvalue weighted by molar-refractivity contribution is 5.76. The molecule has 0 aromatic heterocycles. The number of amides is 1. The van der Waals surface area contributed by atoms with Crippen LogP contribution in [-0.4, -0.2) is 37.0 Å². The molecule has 0 aromatic rings. The second-order valence-electron chi connectivity index (χ2n) is 6.21. The van der Waals surface area contributed by atoms with E-state index in [4.69, 9.17) is 0 Å². The van der Waals surface area contributed by atoms with Crippen LogP contribution in [0.2, 0.25) is 0 Å². The van der Waals surface area contributed by atoms with Crippen LogP contribution in [0, 0.1) is 5.92 Å². The number of hydrogen-bond donors (Lipinski definition) is 1. The summed E-state index contributed by atoms with van der Waals surface area (Å²) in [5.41, 5.74) is 0. The molecular formula is C15H28N2O. The Bertz CT molecular complexity index is 251. The zero-order chi connectivity index (χ0) is 12.8. The van der Waals surface area contributed by atoms with Crippen molar-refractivity contribution in [3.8, 4) is 0 Å². The topological polar surface area (TPSA) is 32.3 Å². The highest BCUT2D eigenvalue weighted by Crippen LogP contribution is 2.21. The first kappa shape index (κ1) is 13.9. The first-order valence-corrected chi connectivity index (χ1v) is 7.72. The van der Waals surface area contributed by atoms with Gasteiger partial charge in [0.1, 0.15) is 0 Å². The summed E-state index contributed by atoms with van der Waals surface area (Å²) in [5, 5.41) is 3.26. The van der Waals surface area contributed by atoms with E-state index in [2.05, 4.69) is 17.3 Å². The second kappa shape index (κ2) is 7.13. The Labute approximate surface area is 111 Å². The largest absolute Gasteiger partial charge is 0.353 e. The zero-order valence-electron chi connectivity index (χ0n) is 11.8. The van der Waals surface area contributed by atoms with E-state index >= 15 is 0 Å². The lowest BCUT2D eigenvalue weighted by Gasteiger charge is -2.29. The molecule has 0 unspecified atom stereocenters. The number of hydrogen-bond acceptors (Lipinski definition) is 2. The van der Waals surface area contributed by atoms with E-state index in [1.165, 1.54) is 51.4 Å². The van der Waals surface area contributed by atoms with E-state index in [-0.39, 0.29) is 0 Å². The number of rotatable bonds is 3. The van der Waals surface area contributed by atoms with Gasteiger partial charge in [-0.05, 0) is 51.7 Å². The van der Waals surface area contributed by atoms with Gasteiger partial charge in [-0.2, -0.15) is 0 Å². The Morgan fingerprint density at radius 3 is 2.28 bits per heavy atom. The van der Waals surface area contributed by atoms with Gasteiger partial charge in [0.05, 0.1) is 0 Å². The molecule has 1 saturated carbocycles. The van der Waals surface area contributed by atoms with Gasteiger partial charge in [0.25, 0.3) is 0 Å². The number of piperidine rings is 1. The number of likely N-dealkylation sites (tertiary alicyclic amines) is 1. The molecule has 18 heavy (non-hydrogen) atoms. The standard InChI is InChI=1S/C15H28N2O/c1-17-10-8-13(9-11-17)12-15(18)16-14-6-4-2-3-5-7-14/h13-14H,2-12H2,1H3,(H,16,18). The van der Waals surface area contributed by atoms with Crippen molar-refractivity contribution in [2.45, 2.75) is 63.8 Å². The average Bonchev–Trinajstić information content (AvgIpc) is 2.61. The second-order valence-corrected chi connectivity index (χ2v) is 6.21. The van der Waals surface area contributed by atoms with Crippen LogP contribution in [0.25, 0.3) is 0 Å². The Hall–Kier alpha value is -0.570. The zero-order valence-corrected chi connectivity index (χ0v) is 11.8. The summed E-state index contributed by atoms with van der Waals surface area (Å²) >= 11 is 0. The van der Waals surface area contributed by atoms with Crippen molar-refractivity contribution in [1.29, 1.82) is 0 Å². The van der Waals surface area contributed by atoms with Crippen LogP contribution in [-0.2, 0) is 4.79 Å². The maximum Gasteiger partial charge on any atom is 0.220 e. The first-order valence-electron chi connectivity index (χ1n) is 7.72. The maximum atomic E-state index is 12.0. The summed E-state index contributed by atoms with van der Waals surface area (Å²) < 4.78 is 0. The minimum absolute atomic E-state index is 0.302. The molecule has 1 amide bonds. The summed E-state index contributed by atoms with van der Waals surface area (Å²) in [5.74, 6) is 0.920. The fourth-order valence-corrected chi connectivity index (χ4v) is 3.24. The van der Waals surface area contributed by atoms with Gasteiger partial charge in [-0.3, -0.25) is 4.79 Å². The number of nitrogens with one attached hydrogen (secondary N) is 1. The van der Waals surface area contributed by atoms with Crippen LogP contribution < -0.4 is 5.32 Å². The van der Waals surface area contributed by atoms with Crippen LogP contribution in [0.3, 0.4) is 0 Å². The fraction of sp³-hybridized carbons (Fsp3) is 0.933. The molecule has 0 spiro atoms. The lowest BCUT2D eigenvalue weighted by atomic mass is 9.93. The molecule has 3 heteroatoms. The molecule has 1 aliphatic heterocycles. The third-order valence-corrected chi connectivity index (χ3v) is 4.53. The Kier molecular flexibility index (Phi) is 5.48. The van der Waals surface area contributed by atoms with Gasteiger partial charge in [0.2, 0.25) is 5.91 Å². The summed E-state index contributed by atoms with van der Waals surface area (Å²) in [6.07, 6.45) is 10.8. The van der Waals surface area contributed by atoms with Crippen LogP contribution >= 0.6 is 0 Å². The molecule has 1 N–H and O–H groups in total. The number of carbonyl (C=O) groups is 1. The van der Waals surface area contributed by atoms with Gasteiger partial charge < -0.3 is 10.2 Å². The quantitative estimate of drug-likeness (QED) is 0.783. The van der Waals surface area contributed by atoms with E-state index in [1.54, 1.807) is 0 Å². The molecule has 1 saturated heterocycles. The molecule has 0 radical (unpaired) electrons. The molecular weight excluding hydrogens is 224 g/mol. The smallest absolute Gasteiger partial charge is 0.220 e. The predicted molar refractivity (Wildman–Crippen MR) is 74.5 cm³/mol. The van der Waals surface area contributed by atoms with E-state index < -0.39 is 0 Å². The average molecular weight is 252 g/mol. The van der Waals surface area contributed by atoms with Crippen molar-refractivity contribution in [2.24, 2.45) is 5.92 Å². The lowest BCUT2D eigenvalue weighted by molar-refractivity contribution is -0.123. The molecule has 2 rings (SSSR count). The van der Waals surface area contributed by atoms with Crippen molar-refractivity contribution in [2.75, 3.05) is 20.1 Å². The first-order chi connectivity index (χ1) is 8.74. The number of nitrogens with zero attached hydrogens (tertiary/aromatic N) is 1. The van der Waals surface area contributed by atoms with Gasteiger partial charge in [-0.15, -0.1) is 0 Å². The van der Waals surface area contributed by atoms with E-state index in [1.807, 2.05) is 0 Å². The molecule has 2 fully saturated rings. The van der Waals surface area contributed by atoms with Gasteiger partial charge in [-0.25, -0.2) is 0 Å². The summed E-state index contributed by atoms with van der Waals surface area (Å²) in [6.45, 7) is 2.31. The lowest BCUT2D eigenvalue weighted by Crippen LogP contribution is -2.37. The molecule has 0 aromatic carbocycles. The van der Waals surface area contributed by atoms with E-state index in [0.717, 1.165) is 19.5 Å². The minimum atomic E-state index is 0.302. The highest BCUT2D eigenvalue weighted by Gasteiger charge is 2.21. The van der Waals surface area contributed by atoms with Crippen molar-refractivity contribution >= 4 is 5.91 Å². The Balaban J connectivity index is 1.67. The van der Waals surface area contributed by atoms with Crippen molar-refractivity contribution in [3.63, 3.8) is 0 Å². The third kappa shape index (κ3) is 4.60. The van der Waals surface area contributed by atoms with Crippen molar-refractivity contribution in [3.05, 3.63) is 0 Å². The van der Waals surface area contributed by atoms with Crippen LogP contribution in [0.1, 0.15) is 57.8 Å².